The summed E-state index contributed by atoms with van der Waals surface area (Å²) in [5.74, 6) is 0.117. The van der Waals surface area contributed by atoms with Gasteiger partial charge in [0.05, 0.1) is 18.7 Å². The molecular formula is C13H24N2O2. The van der Waals surface area contributed by atoms with Crippen LogP contribution in [0.15, 0.2) is 0 Å². The zero-order valence-electron chi connectivity index (χ0n) is 10.7. The first kappa shape index (κ1) is 12.8. The number of ether oxygens (including phenoxy) is 1. The molecule has 0 heterocycles. The Morgan fingerprint density at radius 2 is 1.94 bits per heavy atom. The van der Waals surface area contributed by atoms with Crippen molar-refractivity contribution in [1.29, 1.82) is 0 Å². The van der Waals surface area contributed by atoms with Gasteiger partial charge < -0.3 is 15.4 Å². The molecule has 17 heavy (non-hydrogen) atoms. The van der Waals surface area contributed by atoms with E-state index in [0.717, 1.165) is 19.3 Å². The number of rotatable bonds is 5. The molecule has 0 aliphatic heterocycles. The second-order valence-electron chi connectivity index (χ2n) is 5.24. The summed E-state index contributed by atoms with van der Waals surface area (Å²) in [7, 11) is 1.73. The predicted molar refractivity (Wildman–Crippen MR) is 66.8 cm³/mol. The molecule has 2 aliphatic rings. The molecule has 0 saturated heterocycles. The lowest BCUT2D eigenvalue weighted by atomic mass is 10.2. The third kappa shape index (κ3) is 3.68. The Morgan fingerprint density at radius 1 is 1.18 bits per heavy atom. The summed E-state index contributed by atoms with van der Waals surface area (Å²) in [6.45, 7) is 0.456. The summed E-state index contributed by atoms with van der Waals surface area (Å²) in [4.78, 5) is 11.8. The Kier molecular flexibility index (Phi) is 4.80. The van der Waals surface area contributed by atoms with E-state index in [1.54, 1.807) is 7.11 Å². The van der Waals surface area contributed by atoms with E-state index in [9.17, 15) is 4.79 Å². The second kappa shape index (κ2) is 6.36. The maximum absolute atomic E-state index is 11.8. The monoisotopic (exact) mass is 240 g/mol. The van der Waals surface area contributed by atoms with Crippen molar-refractivity contribution in [3.63, 3.8) is 0 Å². The maximum atomic E-state index is 11.8. The molecule has 4 heteroatoms. The van der Waals surface area contributed by atoms with Crippen molar-refractivity contribution in [2.45, 2.75) is 63.1 Å². The fraction of sp³-hybridized carbons (Fsp3) is 0.923. The van der Waals surface area contributed by atoms with Crippen LogP contribution in [0.3, 0.4) is 0 Å². The van der Waals surface area contributed by atoms with Crippen LogP contribution < -0.4 is 10.6 Å². The molecule has 0 radical (unpaired) electrons. The number of hydrogen-bond donors (Lipinski definition) is 2. The van der Waals surface area contributed by atoms with Crippen LogP contribution in [0.25, 0.3) is 0 Å². The lowest BCUT2D eigenvalue weighted by Gasteiger charge is -2.20. The molecule has 0 bridgehead atoms. The van der Waals surface area contributed by atoms with Crippen molar-refractivity contribution in [2.24, 2.45) is 0 Å². The van der Waals surface area contributed by atoms with Crippen molar-refractivity contribution in [2.75, 3.05) is 13.7 Å². The molecule has 0 spiro atoms. The van der Waals surface area contributed by atoms with Gasteiger partial charge in [0.25, 0.3) is 0 Å². The number of nitrogens with one attached hydrogen (secondary N) is 2. The van der Waals surface area contributed by atoms with E-state index >= 15 is 0 Å². The Bertz CT molecular complexity index is 252. The van der Waals surface area contributed by atoms with Crippen molar-refractivity contribution in [3.8, 4) is 0 Å². The van der Waals surface area contributed by atoms with Crippen molar-refractivity contribution in [1.82, 2.24) is 10.6 Å². The molecule has 0 aromatic rings. The van der Waals surface area contributed by atoms with Gasteiger partial charge in [-0.1, -0.05) is 12.8 Å². The third-order valence-corrected chi connectivity index (χ3v) is 4.01. The van der Waals surface area contributed by atoms with Crippen LogP contribution in [0.5, 0.6) is 0 Å². The Balaban J connectivity index is 1.65. The summed E-state index contributed by atoms with van der Waals surface area (Å²) in [5, 5.41) is 6.41. The van der Waals surface area contributed by atoms with Crippen LogP contribution >= 0.6 is 0 Å². The van der Waals surface area contributed by atoms with Gasteiger partial charge in [0.2, 0.25) is 5.91 Å². The van der Waals surface area contributed by atoms with E-state index in [0.29, 0.717) is 12.6 Å². The van der Waals surface area contributed by atoms with E-state index in [2.05, 4.69) is 10.6 Å². The minimum Gasteiger partial charge on any atom is -0.379 e. The first-order valence-electron chi connectivity index (χ1n) is 6.85. The normalized spacial score (nSPS) is 29.7. The molecule has 2 fully saturated rings. The van der Waals surface area contributed by atoms with Crippen molar-refractivity contribution >= 4 is 5.91 Å². The third-order valence-electron chi connectivity index (χ3n) is 4.01. The van der Waals surface area contributed by atoms with E-state index in [-0.39, 0.29) is 18.1 Å². The summed E-state index contributed by atoms with van der Waals surface area (Å²) >= 11 is 0. The summed E-state index contributed by atoms with van der Waals surface area (Å²) in [6.07, 6.45) is 8.52. The summed E-state index contributed by atoms with van der Waals surface area (Å²) in [5.41, 5.74) is 0. The lowest BCUT2D eigenvalue weighted by molar-refractivity contribution is -0.121. The van der Waals surface area contributed by atoms with Crippen LogP contribution in [0.2, 0.25) is 0 Å². The maximum Gasteiger partial charge on any atom is 0.234 e. The van der Waals surface area contributed by atoms with E-state index in [1.165, 1.54) is 25.7 Å². The molecule has 2 unspecified atom stereocenters. The van der Waals surface area contributed by atoms with Crippen molar-refractivity contribution < 1.29 is 9.53 Å². The van der Waals surface area contributed by atoms with Gasteiger partial charge >= 0.3 is 0 Å². The molecule has 0 aromatic carbocycles. The number of carbonyl (C=O) groups excluding carboxylic acids is 1. The molecule has 2 N–H and O–H groups in total. The van der Waals surface area contributed by atoms with Crippen LogP contribution in [0.4, 0.5) is 0 Å². The van der Waals surface area contributed by atoms with Gasteiger partial charge in [-0.05, 0) is 32.1 Å². The highest BCUT2D eigenvalue weighted by Crippen LogP contribution is 2.21. The van der Waals surface area contributed by atoms with Gasteiger partial charge in [0.1, 0.15) is 0 Å². The molecule has 4 nitrogen and oxygen atoms in total. The van der Waals surface area contributed by atoms with Crippen LogP contribution in [0.1, 0.15) is 44.9 Å². The van der Waals surface area contributed by atoms with Gasteiger partial charge in [-0.25, -0.2) is 0 Å². The molecule has 0 aromatic heterocycles. The average Bonchev–Trinajstić information content (AvgIpc) is 2.97. The number of hydrogen-bond acceptors (Lipinski definition) is 3. The fourth-order valence-electron chi connectivity index (χ4n) is 3.00. The summed E-state index contributed by atoms with van der Waals surface area (Å²) < 4.78 is 5.37. The highest BCUT2D eigenvalue weighted by atomic mass is 16.5. The fourth-order valence-corrected chi connectivity index (χ4v) is 3.00. The van der Waals surface area contributed by atoms with E-state index < -0.39 is 0 Å². The standard InChI is InChI=1S/C13H24N2O2/c1-17-12-8-4-7-11(12)15-13(16)9-14-10-5-2-3-6-10/h10-12,14H,2-9H2,1H3,(H,15,16). The van der Waals surface area contributed by atoms with E-state index in [4.69, 9.17) is 4.74 Å². The number of carbonyl (C=O) groups is 1. The topological polar surface area (TPSA) is 50.4 Å². The van der Waals surface area contributed by atoms with Gasteiger partial charge in [-0.15, -0.1) is 0 Å². The first-order chi connectivity index (χ1) is 8.29. The highest BCUT2D eigenvalue weighted by molar-refractivity contribution is 5.78. The highest BCUT2D eigenvalue weighted by Gasteiger charge is 2.28. The van der Waals surface area contributed by atoms with Crippen molar-refractivity contribution in [3.05, 3.63) is 0 Å². The zero-order chi connectivity index (χ0) is 12.1. The number of methoxy groups -OCH3 is 1. The second-order valence-corrected chi connectivity index (χ2v) is 5.24. The van der Waals surface area contributed by atoms with Gasteiger partial charge in [-0.3, -0.25) is 4.79 Å². The SMILES string of the molecule is COC1CCCC1NC(=O)CNC1CCCC1. The predicted octanol–water partition coefficient (Wildman–Crippen LogP) is 1.20. The molecule has 2 atom stereocenters. The quantitative estimate of drug-likeness (QED) is 0.759. The van der Waals surface area contributed by atoms with Crippen LogP contribution in [-0.2, 0) is 9.53 Å². The molecule has 1 amide bonds. The van der Waals surface area contributed by atoms with Gasteiger partial charge in [-0.2, -0.15) is 0 Å². The zero-order valence-corrected chi connectivity index (χ0v) is 10.7. The molecule has 2 rings (SSSR count). The summed E-state index contributed by atoms with van der Waals surface area (Å²) in [6, 6.07) is 0.778. The Labute approximate surface area is 103 Å². The Hall–Kier alpha value is -0.610. The molecule has 98 valence electrons. The minimum atomic E-state index is 0.117. The average molecular weight is 240 g/mol. The first-order valence-corrected chi connectivity index (χ1v) is 6.85. The van der Waals surface area contributed by atoms with Crippen LogP contribution in [-0.4, -0.2) is 37.7 Å². The lowest BCUT2D eigenvalue weighted by Crippen LogP contribution is -2.45. The van der Waals surface area contributed by atoms with Gasteiger partial charge in [0.15, 0.2) is 0 Å². The largest absolute Gasteiger partial charge is 0.379 e. The van der Waals surface area contributed by atoms with Crippen LogP contribution in [0, 0.1) is 0 Å². The van der Waals surface area contributed by atoms with E-state index in [1.807, 2.05) is 0 Å². The van der Waals surface area contributed by atoms with Gasteiger partial charge in [0, 0.05) is 13.2 Å². The molecule has 2 aliphatic carbocycles. The Morgan fingerprint density at radius 3 is 2.65 bits per heavy atom. The smallest absolute Gasteiger partial charge is 0.234 e. The minimum absolute atomic E-state index is 0.117. The molecular weight excluding hydrogens is 216 g/mol. The molecule has 2 saturated carbocycles. The number of amides is 1.